The van der Waals surface area contributed by atoms with Crippen LogP contribution in [-0.2, 0) is 0 Å². The van der Waals surface area contributed by atoms with Crippen molar-refractivity contribution in [1.82, 2.24) is 25.4 Å². The van der Waals surface area contributed by atoms with Crippen molar-refractivity contribution in [3.05, 3.63) is 152 Å². The normalized spacial score (nSPS) is 11.8. The molecule has 0 aliphatic heterocycles. The van der Waals surface area contributed by atoms with E-state index in [9.17, 15) is 0 Å². The third-order valence-corrected chi connectivity index (χ3v) is 10.5. The number of fused-ring (bicyclic) bond motifs is 9. The third-order valence-electron chi connectivity index (χ3n) is 9.52. The molecule has 0 spiro atoms. The summed E-state index contributed by atoms with van der Waals surface area (Å²) < 4.78 is 13.2. The van der Waals surface area contributed by atoms with Crippen molar-refractivity contribution in [3.63, 3.8) is 0 Å². The molecule has 0 bridgehead atoms. The topological polar surface area (TPSA) is 97.2 Å². The van der Waals surface area contributed by atoms with Crippen LogP contribution >= 0.6 is 11.3 Å². The molecule has 0 unspecified atom stereocenters. The minimum atomic E-state index is 0.446. The number of furan rings is 2. The zero-order valence-corrected chi connectivity index (χ0v) is 28.6. The summed E-state index contributed by atoms with van der Waals surface area (Å²) in [4.78, 5) is 9.93. The Labute approximate surface area is 305 Å². The molecule has 0 saturated carbocycles. The Balaban J connectivity index is 1.04. The van der Waals surface area contributed by atoms with E-state index >= 15 is 0 Å². The number of nitrogens with zero attached hydrogens (tertiary/aromatic N) is 7. The molecule has 0 N–H and O–H groups in total. The molecule has 5 aromatic heterocycles. The van der Waals surface area contributed by atoms with Gasteiger partial charge in [-0.3, -0.25) is 9.80 Å². The second-order valence-corrected chi connectivity index (χ2v) is 13.7. The second kappa shape index (κ2) is 11.7. The Morgan fingerprint density at radius 1 is 0.415 bits per heavy atom. The molecule has 0 saturated heterocycles. The summed E-state index contributed by atoms with van der Waals surface area (Å²) in [6.07, 6.45) is 0. The van der Waals surface area contributed by atoms with Crippen LogP contribution in [0.25, 0.3) is 64.4 Å². The van der Waals surface area contributed by atoms with Crippen LogP contribution in [0, 0.1) is 0 Å². The van der Waals surface area contributed by atoms with Gasteiger partial charge in [0.15, 0.2) is 16.2 Å². The molecule has 6 aromatic carbocycles. The molecule has 0 atom stereocenters. The first-order valence-corrected chi connectivity index (χ1v) is 17.9. The fourth-order valence-corrected chi connectivity index (χ4v) is 8.06. The van der Waals surface area contributed by atoms with Crippen LogP contribution in [-0.4, -0.2) is 25.4 Å². The van der Waals surface area contributed by atoms with Crippen LogP contribution in [0.15, 0.2) is 160 Å². The van der Waals surface area contributed by atoms with E-state index in [1.54, 1.807) is 0 Å². The number of benzene rings is 6. The molecule has 11 aromatic rings. The molecule has 9 nitrogen and oxygen atoms in total. The zero-order valence-electron chi connectivity index (χ0n) is 27.8. The first-order valence-electron chi connectivity index (χ1n) is 17.1. The van der Waals surface area contributed by atoms with Crippen LogP contribution in [0.4, 0.5) is 34.5 Å². The highest BCUT2D eigenvalue weighted by molar-refractivity contribution is 7.25. The molecule has 0 radical (unpaired) electrons. The first-order chi connectivity index (χ1) is 26.2. The van der Waals surface area contributed by atoms with Crippen LogP contribution in [0.5, 0.6) is 0 Å². The smallest absolute Gasteiger partial charge is 0.255 e. The van der Waals surface area contributed by atoms with Gasteiger partial charge in [0.25, 0.3) is 5.95 Å². The summed E-state index contributed by atoms with van der Waals surface area (Å²) in [5.74, 6) is 1.12. The first kappa shape index (κ1) is 29.5. The molecule has 250 valence electrons. The van der Waals surface area contributed by atoms with Crippen molar-refractivity contribution in [2.24, 2.45) is 0 Å². The number of hydrogen-bond donors (Lipinski definition) is 0. The Morgan fingerprint density at radius 3 is 1.58 bits per heavy atom. The molecular formula is C43H25N7O2S. The zero-order chi connectivity index (χ0) is 34.9. The lowest BCUT2D eigenvalue weighted by atomic mass is 10.1. The number of thiophene rings is 1. The highest BCUT2D eigenvalue weighted by Crippen LogP contribution is 2.41. The summed E-state index contributed by atoms with van der Waals surface area (Å²) in [5, 5.41) is 23.0. The van der Waals surface area contributed by atoms with Crippen LogP contribution in [0.1, 0.15) is 0 Å². The SMILES string of the molecule is c1ccc(N(c2ccc3oc4ccccc4c3c2)c2cc3sc4nc(N(c5ccccc5)c5ccc6oc7ccccc7c6c5)nnc4c3nn2)cc1. The molecule has 0 amide bonds. The minimum Gasteiger partial charge on any atom is -0.456 e. The molecular weight excluding hydrogens is 679 g/mol. The van der Waals surface area contributed by atoms with E-state index in [-0.39, 0.29) is 0 Å². The van der Waals surface area contributed by atoms with Crippen molar-refractivity contribution in [2.45, 2.75) is 0 Å². The maximum atomic E-state index is 6.13. The monoisotopic (exact) mass is 703 g/mol. The van der Waals surface area contributed by atoms with Crippen molar-refractivity contribution >= 4 is 110 Å². The lowest BCUT2D eigenvalue weighted by molar-refractivity contribution is 0.668. The number of para-hydroxylation sites is 4. The third kappa shape index (κ3) is 4.80. The van der Waals surface area contributed by atoms with E-state index in [0.29, 0.717) is 27.6 Å². The highest BCUT2D eigenvalue weighted by Gasteiger charge is 2.22. The Morgan fingerprint density at radius 2 is 0.943 bits per heavy atom. The van der Waals surface area contributed by atoms with Crippen molar-refractivity contribution in [2.75, 3.05) is 9.80 Å². The fourth-order valence-electron chi connectivity index (χ4n) is 7.09. The van der Waals surface area contributed by atoms with E-state index in [1.807, 2.05) is 114 Å². The maximum absolute atomic E-state index is 6.13. The number of anilines is 6. The second-order valence-electron chi connectivity index (χ2n) is 12.7. The predicted octanol–water partition coefficient (Wildman–Crippen LogP) is 11.8. The van der Waals surface area contributed by atoms with Crippen molar-refractivity contribution < 1.29 is 8.83 Å². The van der Waals surface area contributed by atoms with Gasteiger partial charge in [-0.2, -0.15) is 4.98 Å². The van der Waals surface area contributed by atoms with Gasteiger partial charge in [0, 0.05) is 44.7 Å². The van der Waals surface area contributed by atoms with Crippen LogP contribution < -0.4 is 9.80 Å². The Hall–Kier alpha value is -7.17. The summed E-state index contributed by atoms with van der Waals surface area (Å²) in [6.45, 7) is 0. The van der Waals surface area contributed by atoms with Gasteiger partial charge in [0.1, 0.15) is 27.8 Å². The standard InChI is InChI=1S/C43H25N7O2S/c1-3-11-26(12-4-1)49(28-19-21-36-32(23-28)30-15-7-9-17-34(30)51-36)39-25-38-40(46-45-39)41-42(53-38)44-43(48-47-41)50(27-13-5-2-6-14-27)29-20-22-37-33(24-29)31-16-8-10-18-35(31)52-37/h1-25H. The Bertz CT molecular complexity index is 2950. The minimum absolute atomic E-state index is 0.446. The van der Waals surface area contributed by atoms with Crippen molar-refractivity contribution in [1.29, 1.82) is 0 Å². The molecule has 10 heteroatoms. The molecule has 0 fully saturated rings. The molecule has 0 aliphatic rings. The van der Waals surface area contributed by atoms with Gasteiger partial charge in [-0.05, 0) is 72.8 Å². The van der Waals surface area contributed by atoms with Gasteiger partial charge in [-0.15, -0.1) is 31.7 Å². The summed E-state index contributed by atoms with van der Waals surface area (Å²) >= 11 is 1.52. The van der Waals surface area contributed by atoms with Gasteiger partial charge < -0.3 is 8.83 Å². The van der Waals surface area contributed by atoms with E-state index in [2.05, 4.69) is 52.5 Å². The summed E-state index contributed by atoms with van der Waals surface area (Å²) in [7, 11) is 0. The molecule has 5 heterocycles. The Kier molecular flexibility index (Phi) is 6.52. The fraction of sp³-hybridized carbons (Fsp3) is 0. The quantitative estimate of drug-likeness (QED) is 0.168. The lowest BCUT2D eigenvalue weighted by Gasteiger charge is -2.23. The van der Waals surface area contributed by atoms with E-state index < -0.39 is 0 Å². The maximum Gasteiger partial charge on any atom is 0.255 e. The predicted molar refractivity (Wildman–Crippen MR) is 212 cm³/mol. The van der Waals surface area contributed by atoms with Gasteiger partial charge in [-0.1, -0.05) is 72.8 Å². The largest absolute Gasteiger partial charge is 0.456 e. The lowest BCUT2D eigenvalue weighted by Crippen LogP contribution is -2.14. The van der Waals surface area contributed by atoms with Crippen LogP contribution in [0.2, 0.25) is 0 Å². The van der Waals surface area contributed by atoms with E-state index in [1.165, 1.54) is 11.3 Å². The van der Waals surface area contributed by atoms with Gasteiger partial charge in [0.2, 0.25) is 0 Å². The van der Waals surface area contributed by atoms with Gasteiger partial charge in [-0.25, -0.2) is 0 Å². The number of rotatable bonds is 6. The van der Waals surface area contributed by atoms with Gasteiger partial charge in [0.05, 0.1) is 10.4 Å². The average molecular weight is 704 g/mol. The summed E-state index contributed by atoms with van der Waals surface area (Å²) in [6, 6.07) is 50.8. The van der Waals surface area contributed by atoms with Gasteiger partial charge >= 0.3 is 0 Å². The number of aromatic nitrogens is 5. The molecule has 11 rings (SSSR count). The van der Waals surface area contributed by atoms with E-state index in [0.717, 1.165) is 71.3 Å². The average Bonchev–Trinajstić information content (AvgIpc) is 3.89. The molecule has 0 aliphatic carbocycles. The summed E-state index contributed by atoms with van der Waals surface area (Å²) in [5.41, 5.74) is 8.30. The van der Waals surface area contributed by atoms with Crippen molar-refractivity contribution in [3.8, 4) is 0 Å². The molecule has 53 heavy (non-hydrogen) atoms. The van der Waals surface area contributed by atoms with E-state index in [4.69, 9.17) is 29.1 Å². The highest BCUT2D eigenvalue weighted by atomic mass is 32.1. The number of hydrogen-bond acceptors (Lipinski definition) is 10. The van der Waals surface area contributed by atoms with Crippen LogP contribution in [0.3, 0.4) is 0 Å².